The van der Waals surface area contributed by atoms with E-state index in [0.717, 1.165) is 23.4 Å². The summed E-state index contributed by atoms with van der Waals surface area (Å²) in [6.45, 7) is 6.78. The lowest BCUT2D eigenvalue weighted by molar-refractivity contribution is -0.154. The monoisotopic (exact) mass is 410 g/mol. The first-order valence-corrected chi connectivity index (χ1v) is 13.2. The van der Waals surface area contributed by atoms with Crippen molar-refractivity contribution in [1.29, 1.82) is 0 Å². The zero-order chi connectivity index (χ0) is 18.0. The van der Waals surface area contributed by atoms with Crippen molar-refractivity contribution in [3.63, 3.8) is 0 Å². The molecule has 1 aromatic rings. The number of Topliss-reactive ketones (excluding diaryl/α,β-unsaturated/α-hetero) is 1. The first kappa shape index (κ1) is 19.4. The van der Waals surface area contributed by atoms with Gasteiger partial charge in [0.05, 0.1) is 5.41 Å². The van der Waals surface area contributed by atoms with E-state index in [2.05, 4.69) is 35.6 Å². The number of halogens is 1. The molecule has 0 spiro atoms. The Morgan fingerprint density at radius 3 is 2.38 bits per heavy atom. The van der Waals surface area contributed by atoms with E-state index < -0.39 is 25.4 Å². The fraction of sp³-hybridized carbons (Fsp3) is 0.579. The Morgan fingerprint density at radius 1 is 1.21 bits per heavy atom. The van der Waals surface area contributed by atoms with Crippen molar-refractivity contribution in [2.75, 3.05) is 0 Å². The van der Waals surface area contributed by atoms with E-state index in [-0.39, 0.29) is 5.78 Å². The molecule has 5 heteroatoms. The zero-order valence-electron chi connectivity index (χ0n) is 14.8. The Hall–Kier alpha value is -0.943. The number of carboxylic acid groups (broad SMARTS) is 1. The molecule has 2 unspecified atom stereocenters. The maximum atomic E-state index is 13.1. The van der Waals surface area contributed by atoms with Gasteiger partial charge in [-0.15, -0.1) is 0 Å². The average molecular weight is 411 g/mol. The van der Waals surface area contributed by atoms with E-state index in [9.17, 15) is 14.7 Å². The fourth-order valence-electron chi connectivity index (χ4n) is 3.70. The van der Waals surface area contributed by atoms with Crippen LogP contribution >= 0.6 is 15.9 Å². The van der Waals surface area contributed by atoms with Gasteiger partial charge in [-0.3, -0.25) is 9.59 Å². The standard InChI is InChI=1S/C19H27BrO3Si/c1-24(2,3)13-12-19(18(22)23)11-5-4-6-16(19)17(21)14-7-9-15(20)10-8-14/h7-10,16H,4-6,11-13H2,1-3H3,(H,22,23). The number of hydrogen-bond donors (Lipinski definition) is 1. The molecule has 0 radical (unpaired) electrons. The molecule has 1 fully saturated rings. The maximum absolute atomic E-state index is 13.1. The van der Waals surface area contributed by atoms with Crippen LogP contribution in [0.25, 0.3) is 0 Å². The molecule has 3 nitrogen and oxygen atoms in total. The van der Waals surface area contributed by atoms with Gasteiger partial charge in [0.2, 0.25) is 0 Å². The molecule has 0 aliphatic heterocycles. The van der Waals surface area contributed by atoms with Crippen LogP contribution in [0.4, 0.5) is 0 Å². The number of carboxylic acids is 1. The predicted molar refractivity (Wildman–Crippen MR) is 103 cm³/mol. The molecule has 132 valence electrons. The molecule has 0 aromatic heterocycles. The third-order valence-electron chi connectivity index (χ3n) is 5.22. The van der Waals surface area contributed by atoms with Gasteiger partial charge in [-0.25, -0.2) is 0 Å². The highest BCUT2D eigenvalue weighted by molar-refractivity contribution is 9.10. The smallest absolute Gasteiger partial charge is 0.310 e. The third-order valence-corrected chi connectivity index (χ3v) is 7.50. The first-order valence-electron chi connectivity index (χ1n) is 8.69. The highest BCUT2D eigenvalue weighted by atomic mass is 79.9. The lowest BCUT2D eigenvalue weighted by Gasteiger charge is -2.41. The number of rotatable bonds is 6. The number of carbonyl (C=O) groups is 2. The van der Waals surface area contributed by atoms with Gasteiger partial charge >= 0.3 is 5.97 Å². The molecule has 2 atom stereocenters. The SMILES string of the molecule is C[Si](C)(C)CCC1(C(=O)O)CCCCC1C(=O)c1ccc(Br)cc1. The summed E-state index contributed by atoms with van der Waals surface area (Å²) in [5.74, 6) is -1.18. The normalized spacial score (nSPS) is 24.6. The van der Waals surface area contributed by atoms with Gasteiger partial charge in [-0.2, -0.15) is 0 Å². The number of aliphatic carboxylic acids is 1. The van der Waals surface area contributed by atoms with Crippen LogP contribution < -0.4 is 0 Å². The molecule has 0 amide bonds. The van der Waals surface area contributed by atoms with Crippen LogP contribution in [-0.2, 0) is 4.79 Å². The Balaban J connectivity index is 2.33. The van der Waals surface area contributed by atoms with E-state index in [4.69, 9.17) is 0 Å². The van der Waals surface area contributed by atoms with Gasteiger partial charge in [-0.05, 0) is 31.4 Å². The Labute approximate surface area is 154 Å². The molecular weight excluding hydrogens is 384 g/mol. The molecule has 0 saturated heterocycles. The summed E-state index contributed by atoms with van der Waals surface area (Å²) >= 11 is 3.38. The van der Waals surface area contributed by atoms with Crippen molar-refractivity contribution in [3.8, 4) is 0 Å². The van der Waals surface area contributed by atoms with Gasteiger partial charge in [0.25, 0.3) is 0 Å². The van der Waals surface area contributed by atoms with Crippen molar-refractivity contribution in [1.82, 2.24) is 0 Å². The predicted octanol–water partition coefficient (Wildman–Crippen LogP) is 5.62. The van der Waals surface area contributed by atoms with Gasteiger partial charge in [0, 0.05) is 24.0 Å². The number of ketones is 1. The van der Waals surface area contributed by atoms with Gasteiger partial charge < -0.3 is 5.11 Å². The highest BCUT2D eigenvalue weighted by Gasteiger charge is 2.50. The first-order chi connectivity index (χ1) is 11.2. The Kier molecular flexibility index (Phi) is 6.08. The van der Waals surface area contributed by atoms with E-state index in [1.165, 1.54) is 0 Å². The molecule has 1 aromatic carbocycles. The fourth-order valence-corrected chi connectivity index (χ4v) is 5.16. The van der Waals surface area contributed by atoms with E-state index in [0.29, 0.717) is 24.8 Å². The average Bonchev–Trinajstić information content (AvgIpc) is 2.52. The maximum Gasteiger partial charge on any atom is 0.310 e. The largest absolute Gasteiger partial charge is 0.481 e. The van der Waals surface area contributed by atoms with Crippen LogP contribution in [0.3, 0.4) is 0 Å². The Morgan fingerprint density at radius 2 is 1.83 bits per heavy atom. The van der Waals surface area contributed by atoms with E-state index in [1.807, 2.05) is 12.1 Å². The molecule has 1 N–H and O–H groups in total. The molecule has 1 aliphatic carbocycles. The summed E-state index contributed by atoms with van der Waals surface area (Å²) in [5.41, 5.74) is -0.258. The molecule has 0 bridgehead atoms. The minimum atomic E-state index is -1.37. The van der Waals surface area contributed by atoms with Crippen molar-refractivity contribution in [3.05, 3.63) is 34.3 Å². The number of hydrogen-bond acceptors (Lipinski definition) is 2. The van der Waals surface area contributed by atoms with Crippen LogP contribution in [0.2, 0.25) is 25.7 Å². The number of benzene rings is 1. The second-order valence-electron chi connectivity index (χ2n) is 8.19. The van der Waals surface area contributed by atoms with Crippen molar-refractivity contribution >= 4 is 35.8 Å². The molecule has 1 saturated carbocycles. The lowest BCUT2D eigenvalue weighted by Crippen LogP contribution is -2.46. The van der Waals surface area contributed by atoms with Crippen LogP contribution in [-0.4, -0.2) is 24.9 Å². The van der Waals surface area contributed by atoms with Gasteiger partial charge in [0.15, 0.2) is 5.78 Å². The van der Waals surface area contributed by atoms with E-state index >= 15 is 0 Å². The quantitative estimate of drug-likeness (QED) is 0.488. The second kappa shape index (κ2) is 7.52. The number of carbonyl (C=O) groups excluding carboxylic acids is 1. The summed E-state index contributed by atoms with van der Waals surface area (Å²) in [6.07, 6.45) is 3.79. The molecule has 2 rings (SSSR count). The summed E-state index contributed by atoms with van der Waals surface area (Å²) in [5, 5.41) is 10.1. The minimum absolute atomic E-state index is 0.000163. The topological polar surface area (TPSA) is 54.4 Å². The summed E-state index contributed by atoms with van der Waals surface area (Å²) in [4.78, 5) is 25.3. The van der Waals surface area contributed by atoms with Crippen molar-refractivity contribution < 1.29 is 14.7 Å². The molecule has 1 aliphatic rings. The molecule has 24 heavy (non-hydrogen) atoms. The van der Waals surface area contributed by atoms with Crippen LogP contribution in [0, 0.1) is 11.3 Å². The summed E-state index contributed by atoms with van der Waals surface area (Å²) in [7, 11) is -1.37. The summed E-state index contributed by atoms with van der Waals surface area (Å²) in [6, 6.07) is 8.24. The van der Waals surface area contributed by atoms with Gasteiger partial charge in [0.1, 0.15) is 0 Å². The van der Waals surface area contributed by atoms with Crippen LogP contribution in [0.1, 0.15) is 42.5 Å². The lowest BCUT2D eigenvalue weighted by atomic mass is 9.62. The van der Waals surface area contributed by atoms with Crippen LogP contribution in [0.15, 0.2) is 28.7 Å². The van der Waals surface area contributed by atoms with Crippen molar-refractivity contribution in [2.45, 2.75) is 57.8 Å². The molecule has 0 heterocycles. The van der Waals surface area contributed by atoms with Gasteiger partial charge in [-0.1, -0.05) is 66.6 Å². The second-order valence-corrected chi connectivity index (χ2v) is 14.7. The molecular formula is C19H27BrO3Si. The summed E-state index contributed by atoms with van der Waals surface area (Å²) < 4.78 is 0.922. The third kappa shape index (κ3) is 4.36. The minimum Gasteiger partial charge on any atom is -0.481 e. The Bertz CT molecular complexity index is 606. The van der Waals surface area contributed by atoms with E-state index in [1.54, 1.807) is 12.1 Å². The van der Waals surface area contributed by atoms with Crippen LogP contribution in [0.5, 0.6) is 0 Å². The highest BCUT2D eigenvalue weighted by Crippen LogP contribution is 2.47. The van der Waals surface area contributed by atoms with Crippen molar-refractivity contribution in [2.24, 2.45) is 11.3 Å². The zero-order valence-corrected chi connectivity index (χ0v) is 17.4.